The SMILES string of the molecule is C=CCNC1(CN)CCc2ccc(OC)cc2C1. The van der Waals surface area contributed by atoms with Crippen molar-refractivity contribution < 1.29 is 4.74 Å². The van der Waals surface area contributed by atoms with Gasteiger partial charge in [-0.3, -0.25) is 0 Å². The maximum Gasteiger partial charge on any atom is 0.119 e. The highest BCUT2D eigenvalue weighted by Gasteiger charge is 2.32. The van der Waals surface area contributed by atoms with E-state index in [1.54, 1.807) is 7.11 Å². The fourth-order valence-corrected chi connectivity index (χ4v) is 2.65. The first-order valence-electron chi connectivity index (χ1n) is 6.45. The molecular weight excluding hydrogens is 224 g/mol. The molecule has 0 aromatic heterocycles. The van der Waals surface area contributed by atoms with Gasteiger partial charge in [-0.15, -0.1) is 6.58 Å². The molecule has 3 nitrogen and oxygen atoms in total. The summed E-state index contributed by atoms with van der Waals surface area (Å²) in [5, 5.41) is 3.53. The summed E-state index contributed by atoms with van der Waals surface area (Å²) in [5.74, 6) is 0.922. The van der Waals surface area contributed by atoms with Crippen LogP contribution in [0.25, 0.3) is 0 Å². The van der Waals surface area contributed by atoms with Crippen molar-refractivity contribution in [3.63, 3.8) is 0 Å². The molecule has 0 spiro atoms. The Morgan fingerprint density at radius 1 is 1.50 bits per heavy atom. The third-order valence-corrected chi connectivity index (χ3v) is 3.83. The molecule has 0 saturated carbocycles. The number of fused-ring (bicyclic) bond motifs is 1. The van der Waals surface area contributed by atoms with Gasteiger partial charge in [0.1, 0.15) is 5.75 Å². The zero-order valence-electron chi connectivity index (χ0n) is 11.0. The lowest BCUT2D eigenvalue weighted by molar-refractivity contribution is 0.304. The first kappa shape index (κ1) is 13.1. The molecule has 0 amide bonds. The van der Waals surface area contributed by atoms with Gasteiger partial charge in [0.25, 0.3) is 0 Å². The number of hydrogen-bond donors (Lipinski definition) is 2. The number of ether oxygens (including phenoxy) is 1. The average Bonchev–Trinajstić information content (AvgIpc) is 2.44. The van der Waals surface area contributed by atoms with Crippen LogP contribution in [0.4, 0.5) is 0 Å². The standard InChI is InChI=1S/C15H22N2O/c1-3-8-17-15(11-16)7-6-12-4-5-14(18-2)9-13(12)10-15/h3-5,9,17H,1,6-8,10-11,16H2,2H3. The van der Waals surface area contributed by atoms with Crippen molar-refractivity contribution in [1.29, 1.82) is 0 Å². The topological polar surface area (TPSA) is 47.3 Å². The number of nitrogens with two attached hydrogens (primary N) is 1. The number of rotatable bonds is 5. The van der Waals surface area contributed by atoms with Crippen LogP contribution in [0.5, 0.6) is 5.75 Å². The first-order chi connectivity index (χ1) is 8.73. The molecule has 1 unspecified atom stereocenters. The molecule has 0 radical (unpaired) electrons. The molecule has 1 atom stereocenters. The molecule has 1 aliphatic carbocycles. The first-order valence-corrected chi connectivity index (χ1v) is 6.45. The Morgan fingerprint density at radius 2 is 2.33 bits per heavy atom. The van der Waals surface area contributed by atoms with E-state index < -0.39 is 0 Å². The summed E-state index contributed by atoms with van der Waals surface area (Å²) < 4.78 is 5.30. The number of hydrogen-bond acceptors (Lipinski definition) is 3. The second-order valence-corrected chi connectivity index (χ2v) is 4.97. The molecule has 3 heteroatoms. The second kappa shape index (κ2) is 5.55. The van der Waals surface area contributed by atoms with E-state index in [9.17, 15) is 0 Å². The van der Waals surface area contributed by atoms with E-state index in [1.807, 2.05) is 12.1 Å². The minimum absolute atomic E-state index is 0.00749. The summed E-state index contributed by atoms with van der Waals surface area (Å²) >= 11 is 0. The molecule has 2 rings (SSSR count). The number of benzene rings is 1. The molecule has 1 aromatic carbocycles. The van der Waals surface area contributed by atoms with Crippen LogP contribution in [0.2, 0.25) is 0 Å². The van der Waals surface area contributed by atoms with Crippen LogP contribution < -0.4 is 15.8 Å². The predicted octanol–water partition coefficient (Wildman–Crippen LogP) is 1.66. The van der Waals surface area contributed by atoms with Crippen LogP contribution in [-0.4, -0.2) is 25.7 Å². The van der Waals surface area contributed by atoms with Gasteiger partial charge < -0.3 is 15.8 Å². The second-order valence-electron chi connectivity index (χ2n) is 4.97. The van der Waals surface area contributed by atoms with Gasteiger partial charge in [0.05, 0.1) is 7.11 Å². The molecule has 18 heavy (non-hydrogen) atoms. The lowest BCUT2D eigenvalue weighted by Crippen LogP contribution is -2.54. The van der Waals surface area contributed by atoms with Crippen LogP contribution >= 0.6 is 0 Å². The molecule has 0 fully saturated rings. The normalized spacial score (nSPS) is 22.3. The Kier molecular flexibility index (Phi) is 4.04. The summed E-state index contributed by atoms with van der Waals surface area (Å²) in [6.45, 7) is 5.21. The zero-order chi connectivity index (χ0) is 13.0. The molecule has 0 bridgehead atoms. The van der Waals surface area contributed by atoms with E-state index in [0.717, 1.165) is 31.6 Å². The van der Waals surface area contributed by atoms with E-state index in [2.05, 4.69) is 24.0 Å². The predicted molar refractivity (Wildman–Crippen MR) is 75.0 cm³/mol. The molecule has 0 heterocycles. The quantitative estimate of drug-likeness (QED) is 0.777. The highest BCUT2D eigenvalue weighted by molar-refractivity contribution is 5.39. The maximum absolute atomic E-state index is 5.98. The summed E-state index contributed by atoms with van der Waals surface area (Å²) in [6, 6.07) is 6.34. The van der Waals surface area contributed by atoms with Crippen molar-refractivity contribution in [2.24, 2.45) is 5.73 Å². The van der Waals surface area contributed by atoms with Gasteiger partial charge in [0.15, 0.2) is 0 Å². The average molecular weight is 246 g/mol. The molecule has 0 saturated heterocycles. The van der Waals surface area contributed by atoms with E-state index >= 15 is 0 Å². The van der Waals surface area contributed by atoms with E-state index in [-0.39, 0.29) is 5.54 Å². The van der Waals surface area contributed by atoms with Crippen molar-refractivity contribution in [1.82, 2.24) is 5.32 Å². The van der Waals surface area contributed by atoms with E-state index in [4.69, 9.17) is 10.5 Å². The van der Waals surface area contributed by atoms with Crippen LogP contribution in [-0.2, 0) is 12.8 Å². The van der Waals surface area contributed by atoms with E-state index in [0.29, 0.717) is 6.54 Å². The Morgan fingerprint density at radius 3 is 3.00 bits per heavy atom. The van der Waals surface area contributed by atoms with Gasteiger partial charge >= 0.3 is 0 Å². The molecular formula is C15H22N2O. The minimum atomic E-state index is 0.00749. The largest absolute Gasteiger partial charge is 0.497 e. The smallest absolute Gasteiger partial charge is 0.119 e. The summed E-state index contributed by atoms with van der Waals surface area (Å²) in [6.07, 6.45) is 5.00. The lowest BCUT2D eigenvalue weighted by atomic mass is 9.78. The van der Waals surface area contributed by atoms with Crippen molar-refractivity contribution in [3.05, 3.63) is 42.0 Å². The minimum Gasteiger partial charge on any atom is -0.497 e. The Bertz CT molecular complexity index is 431. The van der Waals surface area contributed by atoms with Gasteiger partial charge in [0, 0.05) is 18.6 Å². The number of nitrogens with one attached hydrogen (secondary N) is 1. The van der Waals surface area contributed by atoms with Gasteiger partial charge in [-0.05, 0) is 42.5 Å². The summed E-state index contributed by atoms with van der Waals surface area (Å²) in [7, 11) is 1.71. The highest BCUT2D eigenvalue weighted by Crippen LogP contribution is 2.30. The Balaban J connectivity index is 2.22. The maximum atomic E-state index is 5.98. The Hall–Kier alpha value is -1.32. The summed E-state index contributed by atoms with van der Waals surface area (Å²) in [5.41, 5.74) is 8.75. The van der Waals surface area contributed by atoms with Crippen LogP contribution in [0.3, 0.4) is 0 Å². The van der Waals surface area contributed by atoms with Crippen molar-refractivity contribution in [2.45, 2.75) is 24.8 Å². The number of methoxy groups -OCH3 is 1. The summed E-state index contributed by atoms with van der Waals surface area (Å²) in [4.78, 5) is 0. The molecule has 1 aliphatic rings. The monoisotopic (exact) mass is 246 g/mol. The van der Waals surface area contributed by atoms with Crippen molar-refractivity contribution in [3.8, 4) is 5.75 Å². The van der Waals surface area contributed by atoms with Gasteiger partial charge in [-0.25, -0.2) is 0 Å². The van der Waals surface area contributed by atoms with Crippen LogP contribution in [0.15, 0.2) is 30.9 Å². The molecule has 98 valence electrons. The number of aryl methyl sites for hydroxylation is 1. The van der Waals surface area contributed by atoms with E-state index in [1.165, 1.54) is 11.1 Å². The van der Waals surface area contributed by atoms with Crippen LogP contribution in [0, 0.1) is 0 Å². The fourth-order valence-electron chi connectivity index (χ4n) is 2.65. The molecule has 1 aromatic rings. The van der Waals surface area contributed by atoms with Gasteiger partial charge in [0.2, 0.25) is 0 Å². The third-order valence-electron chi connectivity index (χ3n) is 3.83. The fraction of sp³-hybridized carbons (Fsp3) is 0.467. The third kappa shape index (κ3) is 2.57. The van der Waals surface area contributed by atoms with Crippen LogP contribution in [0.1, 0.15) is 17.5 Å². The highest BCUT2D eigenvalue weighted by atomic mass is 16.5. The lowest BCUT2D eigenvalue weighted by Gasteiger charge is -2.38. The zero-order valence-corrected chi connectivity index (χ0v) is 11.0. The van der Waals surface area contributed by atoms with Gasteiger partial charge in [-0.2, -0.15) is 0 Å². The van der Waals surface area contributed by atoms with Crippen molar-refractivity contribution in [2.75, 3.05) is 20.2 Å². The van der Waals surface area contributed by atoms with Gasteiger partial charge in [-0.1, -0.05) is 12.1 Å². The molecule has 0 aliphatic heterocycles. The molecule has 3 N–H and O–H groups in total. The van der Waals surface area contributed by atoms with Crippen molar-refractivity contribution >= 4 is 0 Å². The Labute approximate surface area is 109 Å².